The van der Waals surface area contributed by atoms with Crippen LogP contribution in [-0.2, 0) is 4.79 Å². The Bertz CT molecular complexity index is 575. The van der Waals surface area contributed by atoms with Gasteiger partial charge in [-0.05, 0) is 12.1 Å². The van der Waals surface area contributed by atoms with Crippen LogP contribution >= 0.6 is 0 Å². The normalized spacial score (nSPS) is 15.4. The fourth-order valence-corrected chi connectivity index (χ4v) is 1.86. The molecular formula is C12H9F2NO5. The van der Waals surface area contributed by atoms with Crippen LogP contribution in [0.5, 0.6) is 0 Å². The highest BCUT2D eigenvalue weighted by molar-refractivity contribution is 6.21. The summed E-state index contributed by atoms with van der Waals surface area (Å²) >= 11 is 0. The third kappa shape index (κ3) is 2.25. The van der Waals surface area contributed by atoms with Crippen molar-refractivity contribution in [2.75, 3.05) is 6.54 Å². The van der Waals surface area contributed by atoms with E-state index in [0.29, 0.717) is 17.0 Å². The smallest absolute Gasteiger partial charge is 0.332 e. The molecule has 1 aromatic rings. The highest BCUT2D eigenvalue weighted by atomic mass is 19.2. The maximum atomic E-state index is 13.0. The van der Waals surface area contributed by atoms with Gasteiger partial charge >= 0.3 is 5.97 Å². The van der Waals surface area contributed by atoms with Crippen LogP contribution in [0.1, 0.15) is 27.1 Å². The Labute approximate surface area is 111 Å². The van der Waals surface area contributed by atoms with Crippen molar-refractivity contribution in [3.8, 4) is 0 Å². The number of aliphatic hydroxyl groups excluding tert-OH is 1. The number of fused-ring (bicyclic) bond motifs is 1. The van der Waals surface area contributed by atoms with Crippen LogP contribution in [0.25, 0.3) is 0 Å². The summed E-state index contributed by atoms with van der Waals surface area (Å²) in [5.74, 6) is -5.68. The lowest BCUT2D eigenvalue weighted by Crippen LogP contribution is -2.34. The summed E-state index contributed by atoms with van der Waals surface area (Å²) in [6.45, 7) is -0.358. The summed E-state index contributed by atoms with van der Waals surface area (Å²) in [5, 5.41) is 17.6. The molecule has 2 rings (SSSR count). The number of amides is 2. The summed E-state index contributed by atoms with van der Waals surface area (Å²) in [6.07, 6.45) is -2.10. The molecule has 1 aliphatic rings. The van der Waals surface area contributed by atoms with Gasteiger partial charge in [-0.15, -0.1) is 0 Å². The molecule has 1 aliphatic heterocycles. The molecule has 1 heterocycles. The van der Waals surface area contributed by atoms with E-state index in [1.165, 1.54) is 0 Å². The zero-order valence-corrected chi connectivity index (χ0v) is 9.97. The average Bonchev–Trinajstić information content (AvgIpc) is 2.60. The molecular weight excluding hydrogens is 276 g/mol. The van der Waals surface area contributed by atoms with Gasteiger partial charge in [0.1, 0.15) is 0 Å². The van der Waals surface area contributed by atoms with E-state index >= 15 is 0 Å². The van der Waals surface area contributed by atoms with Gasteiger partial charge in [0.2, 0.25) is 0 Å². The average molecular weight is 285 g/mol. The highest BCUT2D eigenvalue weighted by Crippen LogP contribution is 2.25. The van der Waals surface area contributed by atoms with Crippen molar-refractivity contribution >= 4 is 17.8 Å². The van der Waals surface area contributed by atoms with Crippen LogP contribution in [0.15, 0.2) is 12.1 Å². The monoisotopic (exact) mass is 285 g/mol. The minimum absolute atomic E-state index is 0.279. The van der Waals surface area contributed by atoms with Gasteiger partial charge in [-0.1, -0.05) is 0 Å². The van der Waals surface area contributed by atoms with Crippen LogP contribution in [0, 0.1) is 11.6 Å². The molecule has 0 spiro atoms. The Hall–Kier alpha value is -2.35. The van der Waals surface area contributed by atoms with Crippen LogP contribution < -0.4 is 0 Å². The number of aliphatic carboxylic acids is 1. The standard InChI is InChI=1S/C12H9F2NO5/c13-7-3-5-6(4-8(7)14)11(18)15(10(5)17)2-1-9(16)12(19)20/h3-4,9,16H,1-2H2,(H,19,20). The fourth-order valence-electron chi connectivity index (χ4n) is 1.86. The summed E-state index contributed by atoms with van der Waals surface area (Å²) in [7, 11) is 0. The number of benzene rings is 1. The van der Waals surface area contributed by atoms with Gasteiger partial charge in [-0.3, -0.25) is 14.5 Å². The van der Waals surface area contributed by atoms with Crippen molar-refractivity contribution in [2.45, 2.75) is 12.5 Å². The fraction of sp³-hybridized carbons (Fsp3) is 0.250. The van der Waals surface area contributed by atoms with Crippen molar-refractivity contribution in [3.63, 3.8) is 0 Å². The molecule has 20 heavy (non-hydrogen) atoms. The first-order chi connectivity index (χ1) is 9.32. The Morgan fingerprint density at radius 2 is 1.60 bits per heavy atom. The molecule has 2 N–H and O–H groups in total. The molecule has 0 bridgehead atoms. The molecule has 8 heteroatoms. The third-order valence-corrected chi connectivity index (χ3v) is 2.92. The molecule has 2 amide bonds. The molecule has 0 aliphatic carbocycles. The molecule has 106 valence electrons. The zero-order chi connectivity index (χ0) is 15.0. The first-order valence-electron chi connectivity index (χ1n) is 5.59. The number of rotatable bonds is 4. The van der Waals surface area contributed by atoms with E-state index in [2.05, 4.69) is 0 Å². The van der Waals surface area contributed by atoms with E-state index in [4.69, 9.17) is 10.2 Å². The number of carboxylic acid groups (broad SMARTS) is 1. The molecule has 0 saturated heterocycles. The molecule has 1 atom stereocenters. The lowest BCUT2D eigenvalue weighted by atomic mass is 10.1. The summed E-state index contributed by atoms with van der Waals surface area (Å²) in [4.78, 5) is 34.8. The lowest BCUT2D eigenvalue weighted by molar-refractivity contribution is -0.147. The second-order valence-corrected chi connectivity index (χ2v) is 4.22. The number of hydrogen-bond donors (Lipinski definition) is 2. The summed E-state index contributed by atoms with van der Waals surface area (Å²) in [5.41, 5.74) is -0.558. The largest absolute Gasteiger partial charge is 0.479 e. The maximum Gasteiger partial charge on any atom is 0.332 e. The van der Waals surface area contributed by atoms with Crippen LogP contribution in [0.4, 0.5) is 8.78 Å². The van der Waals surface area contributed by atoms with Crippen LogP contribution in [0.3, 0.4) is 0 Å². The minimum Gasteiger partial charge on any atom is -0.479 e. The third-order valence-electron chi connectivity index (χ3n) is 2.92. The van der Waals surface area contributed by atoms with Gasteiger partial charge < -0.3 is 10.2 Å². The van der Waals surface area contributed by atoms with Crippen LogP contribution in [0.2, 0.25) is 0 Å². The lowest BCUT2D eigenvalue weighted by Gasteiger charge is -2.14. The molecule has 0 aromatic heterocycles. The van der Waals surface area contributed by atoms with Gasteiger partial charge in [0.25, 0.3) is 11.8 Å². The van der Waals surface area contributed by atoms with Gasteiger partial charge in [0, 0.05) is 13.0 Å². The SMILES string of the molecule is O=C(O)C(O)CCN1C(=O)c2cc(F)c(F)cc2C1=O. The molecule has 0 saturated carbocycles. The number of nitrogens with zero attached hydrogens (tertiary/aromatic N) is 1. The van der Waals surface area contributed by atoms with Crippen LogP contribution in [-0.4, -0.2) is 45.5 Å². The van der Waals surface area contributed by atoms with E-state index < -0.39 is 35.5 Å². The summed E-state index contributed by atoms with van der Waals surface area (Å²) < 4.78 is 26.1. The topological polar surface area (TPSA) is 94.9 Å². The highest BCUT2D eigenvalue weighted by Gasteiger charge is 2.37. The molecule has 0 fully saturated rings. The number of hydrogen-bond acceptors (Lipinski definition) is 4. The molecule has 0 radical (unpaired) electrons. The predicted octanol–water partition coefficient (Wildman–Crippen LogP) is 0.396. The van der Waals surface area contributed by atoms with Crippen molar-refractivity contribution in [1.29, 1.82) is 0 Å². The van der Waals surface area contributed by atoms with Crippen molar-refractivity contribution < 1.29 is 33.4 Å². The molecule has 6 nitrogen and oxygen atoms in total. The van der Waals surface area contributed by atoms with Gasteiger partial charge in [-0.2, -0.15) is 0 Å². The number of carboxylic acids is 1. The Morgan fingerprint density at radius 3 is 2.00 bits per heavy atom. The number of carbonyl (C=O) groups is 3. The van der Waals surface area contributed by atoms with E-state index in [9.17, 15) is 23.2 Å². The maximum absolute atomic E-state index is 13.0. The minimum atomic E-state index is -1.73. The Morgan fingerprint density at radius 1 is 1.15 bits per heavy atom. The Balaban J connectivity index is 2.22. The second-order valence-electron chi connectivity index (χ2n) is 4.22. The first kappa shape index (κ1) is 14.1. The van der Waals surface area contributed by atoms with Gasteiger partial charge in [-0.25, -0.2) is 13.6 Å². The van der Waals surface area contributed by atoms with Crippen molar-refractivity contribution in [3.05, 3.63) is 34.9 Å². The van der Waals surface area contributed by atoms with E-state index in [-0.39, 0.29) is 24.1 Å². The van der Waals surface area contributed by atoms with Crippen molar-refractivity contribution in [1.82, 2.24) is 4.90 Å². The number of carbonyl (C=O) groups excluding carboxylic acids is 2. The summed E-state index contributed by atoms with van der Waals surface area (Å²) in [6, 6.07) is 1.25. The number of imide groups is 1. The second kappa shape index (κ2) is 4.97. The Kier molecular flexibility index (Phi) is 3.49. The zero-order valence-electron chi connectivity index (χ0n) is 9.97. The van der Waals surface area contributed by atoms with E-state index in [0.717, 1.165) is 0 Å². The van der Waals surface area contributed by atoms with Crippen molar-refractivity contribution in [2.24, 2.45) is 0 Å². The number of aliphatic hydroxyl groups is 1. The molecule has 1 aromatic carbocycles. The molecule has 1 unspecified atom stereocenters. The van der Waals surface area contributed by atoms with Gasteiger partial charge in [0.05, 0.1) is 11.1 Å². The predicted molar refractivity (Wildman–Crippen MR) is 60.0 cm³/mol. The van der Waals surface area contributed by atoms with Gasteiger partial charge in [0.15, 0.2) is 17.7 Å². The quantitative estimate of drug-likeness (QED) is 0.781. The van der Waals surface area contributed by atoms with E-state index in [1.54, 1.807) is 0 Å². The number of halogens is 2. The van der Waals surface area contributed by atoms with E-state index in [1.807, 2.05) is 0 Å². The first-order valence-corrected chi connectivity index (χ1v) is 5.59.